The van der Waals surface area contributed by atoms with Crippen molar-refractivity contribution in [1.82, 2.24) is 10.2 Å². The third-order valence-corrected chi connectivity index (χ3v) is 6.44. The molecule has 168 valence electrons. The lowest BCUT2D eigenvalue weighted by atomic mass is 10.1. The highest BCUT2D eigenvalue weighted by Crippen LogP contribution is 2.24. The molecule has 0 aliphatic rings. The van der Waals surface area contributed by atoms with Crippen molar-refractivity contribution in [1.29, 1.82) is 0 Å². The largest absolute Gasteiger partial charge is 0.352 e. The molecule has 2 aromatic rings. The first kappa shape index (κ1) is 25.6. The number of nitrogens with one attached hydrogen (secondary N) is 1. The van der Waals surface area contributed by atoms with E-state index >= 15 is 0 Å². The van der Waals surface area contributed by atoms with E-state index in [-0.39, 0.29) is 30.2 Å². The van der Waals surface area contributed by atoms with Gasteiger partial charge in [-0.3, -0.25) is 9.59 Å². The zero-order valence-electron chi connectivity index (χ0n) is 18.7. The summed E-state index contributed by atoms with van der Waals surface area (Å²) < 4.78 is 0. The van der Waals surface area contributed by atoms with Crippen LogP contribution in [0.15, 0.2) is 36.4 Å². The second-order valence-corrected chi connectivity index (χ2v) is 9.90. The quantitative estimate of drug-likeness (QED) is 0.494. The number of carbonyl (C=O) groups excluding carboxylic acids is 2. The highest BCUT2D eigenvalue weighted by atomic mass is 35.5. The molecule has 4 nitrogen and oxygen atoms in total. The number of thioether (sulfide) groups is 1. The van der Waals surface area contributed by atoms with Crippen molar-refractivity contribution in [3.8, 4) is 0 Å². The zero-order valence-corrected chi connectivity index (χ0v) is 21.0. The van der Waals surface area contributed by atoms with Crippen molar-refractivity contribution in [3.63, 3.8) is 0 Å². The predicted molar refractivity (Wildman–Crippen MR) is 132 cm³/mol. The van der Waals surface area contributed by atoms with Crippen LogP contribution in [-0.4, -0.2) is 34.6 Å². The first-order chi connectivity index (χ1) is 14.6. The van der Waals surface area contributed by atoms with E-state index in [0.717, 1.165) is 11.3 Å². The van der Waals surface area contributed by atoms with Gasteiger partial charge in [0.15, 0.2) is 0 Å². The molecule has 1 unspecified atom stereocenters. The summed E-state index contributed by atoms with van der Waals surface area (Å²) in [7, 11) is 0. The summed E-state index contributed by atoms with van der Waals surface area (Å²) in [6, 6.07) is 11.1. The van der Waals surface area contributed by atoms with E-state index in [4.69, 9.17) is 23.2 Å². The maximum absolute atomic E-state index is 13.1. The molecule has 0 saturated carbocycles. The van der Waals surface area contributed by atoms with Crippen LogP contribution in [0.25, 0.3) is 0 Å². The van der Waals surface area contributed by atoms with Gasteiger partial charge in [0, 0.05) is 18.3 Å². The molecule has 2 aromatic carbocycles. The Morgan fingerprint density at radius 2 is 1.61 bits per heavy atom. The second-order valence-electron chi connectivity index (χ2n) is 8.10. The summed E-state index contributed by atoms with van der Waals surface area (Å²) in [6.45, 7) is 9.97. The Hall–Kier alpha value is -1.69. The average molecular weight is 481 g/mol. The van der Waals surface area contributed by atoms with Gasteiger partial charge < -0.3 is 10.2 Å². The molecule has 31 heavy (non-hydrogen) atoms. The zero-order chi connectivity index (χ0) is 23.1. The molecule has 7 heteroatoms. The molecule has 0 bridgehead atoms. The molecule has 1 N–H and O–H groups in total. The first-order valence-electron chi connectivity index (χ1n) is 10.3. The van der Waals surface area contributed by atoms with Crippen LogP contribution in [0.5, 0.6) is 0 Å². The molecule has 0 aliphatic heterocycles. The Bertz CT molecular complexity index is 914. The van der Waals surface area contributed by atoms with Crippen LogP contribution in [0.1, 0.15) is 43.0 Å². The van der Waals surface area contributed by atoms with Crippen molar-refractivity contribution < 1.29 is 9.59 Å². The van der Waals surface area contributed by atoms with E-state index in [1.165, 1.54) is 16.7 Å². The van der Waals surface area contributed by atoms with Crippen molar-refractivity contribution >= 4 is 46.8 Å². The number of benzene rings is 2. The summed E-state index contributed by atoms with van der Waals surface area (Å²) >= 11 is 13.7. The molecule has 0 heterocycles. The fourth-order valence-corrected chi connectivity index (χ4v) is 4.48. The first-order valence-corrected chi connectivity index (χ1v) is 12.2. The Morgan fingerprint density at radius 1 is 0.968 bits per heavy atom. The average Bonchev–Trinajstić information content (AvgIpc) is 2.66. The van der Waals surface area contributed by atoms with Gasteiger partial charge >= 0.3 is 0 Å². The summed E-state index contributed by atoms with van der Waals surface area (Å²) in [5, 5.41) is 3.77. The van der Waals surface area contributed by atoms with Gasteiger partial charge in [0.1, 0.15) is 6.04 Å². The van der Waals surface area contributed by atoms with Crippen LogP contribution < -0.4 is 5.32 Å². The summed E-state index contributed by atoms with van der Waals surface area (Å²) in [5.41, 5.74) is 4.44. The van der Waals surface area contributed by atoms with Crippen LogP contribution in [0.2, 0.25) is 10.0 Å². The number of aryl methyl sites for hydroxylation is 2. The van der Waals surface area contributed by atoms with Gasteiger partial charge in [-0.2, -0.15) is 0 Å². The van der Waals surface area contributed by atoms with E-state index in [0.29, 0.717) is 10.0 Å². The number of rotatable bonds is 9. The number of amides is 2. The van der Waals surface area contributed by atoms with Gasteiger partial charge in [0.05, 0.1) is 15.8 Å². The van der Waals surface area contributed by atoms with Crippen molar-refractivity contribution in [2.24, 2.45) is 0 Å². The molecule has 2 amide bonds. The summed E-state index contributed by atoms with van der Waals surface area (Å²) in [6.07, 6.45) is 0. The number of hydrogen-bond donors (Lipinski definition) is 1. The maximum Gasteiger partial charge on any atom is 0.242 e. The van der Waals surface area contributed by atoms with Gasteiger partial charge in [-0.25, -0.2) is 0 Å². The topological polar surface area (TPSA) is 49.4 Å². The normalized spacial score (nSPS) is 12.0. The van der Waals surface area contributed by atoms with Crippen LogP contribution in [0.4, 0.5) is 0 Å². The Labute approximate surface area is 199 Å². The number of carbonyl (C=O) groups is 2. The second kappa shape index (κ2) is 11.8. The van der Waals surface area contributed by atoms with Crippen LogP contribution in [-0.2, 0) is 21.9 Å². The van der Waals surface area contributed by atoms with E-state index in [2.05, 4.69) is 37.4 Å². The summed E-state index contributed by atoms with van der Waals surface area (Å²) in [4.78, 5) is 27.3. The van der Waals surface area contributed by atoms with Gasteiger partial charge in [-0.15, -0.1) is 11.8 Å². The lowest BCUT2D eigenvalue weighted by Crippen LogP contribution is -2.49. The third kappa shape index (κ3) is 8.06. The highest BCUT2D eigenvalue weighted by Gasteiger charge is 2.26. The van der Waals surface area contributed by atoms with E-state index < -0.39 is 6.04 Å². The van der Waals surface area contributed by atoms with Gasteiger partial charge in [0.25, 0.3) is 0 Å². The third-order valence-electron chi connectivity index (χ3n) is 4.71. The van der Waals surface area contributed by atoms with E-state index in [1.807, 2.05) is 19.9 Å². The van der Waals surface area contributed by atoms with Crippen LogP contribution in [0, 0.1) is 13.8 Å². The Kier molecular flexibility index (Phi) is 9.73. The number of nitrogens with zero attached hydrogens (tertiary/aromatic N) is 1. The molecule has 0 spiro atoms. The molecule has 0 saturated heterocycles. The molecule has 0 aromatic heterocycles. The maximum atomic E-state index is 13.1. The van der Waals surface area contributed by atoms with Crippen LogP contribution in [0.3, 0.4) is 0 Å². The Morgan fingerprint density at radius 3 is 2.19 bits per heavy atom. The molecular weight excluding hydrogens is 451 g/mol. The molecule has 2 rings (SSSR count). The molecule has 1 atom stereocenters. The van der Waals surface area contributed by atoms with Gasteiger partial charge in [0.2, 0.25) is 11.8 Å². The monoisotopic (exact) mass is 480 g/mol. The van der Waals surface area contributed by atoms with Gasteiger partial charge in [-0.05, 0) is 57.9 Å². The fourth-order valence-electron chi connectivity index (χ4n) is 3.31. The Balaban J connectivity index is 2.12. The molecule has 0 radical (unpaired) electrons. The lowest BCUT2D eigenvalue weighted by Gasteiger charge is -2.29. The molecule has 0 fully saturated rings. The molecule has 0 aliphatic carbocycles. The standard InChI is InChI=1S/C24H30Cl2N2O2S/c1-15(2)27-24(30)18(5)28(12-19-6-7-21(25)22(26)11-19)23(29)14-31-13-20-9-16(3)8-17(4)10-20/h6-11,15,18H,12-14H2,1-5H3,(H,27,30). The number of halogens is 2. The predicted octanol–water partition coefficient (Wildman–Crippen LogP) is 5.79. The minimum absolute atomic E-state index is 0.00388. The van der Waals surface area contributed by atoms with Crippen molar-refractivity contribution in [2.75, 3.05) is 5.75 Å². The van der Waals surface area contributed by atoms with Crippen molar-refractivity contribution in [3.05, 3.63) is 68.7 Å². The fraction of sp³-hybridized carbons (Fsp3) is 0.417. The van der Waals surface area contributed by atoms with Crippen molar-refractivity contribution in [2.45, 2.75) is 59.0 Å². The SMILES string of the molecule is Cc1cc(C)cc(CSCC(=O)N(Cc2ccc(Cl)c(Cl)c2)C(C)C(=O)NC(C)C)c1. The van der Waals surface area contributed by atoms with Crippen LogP contribution >= 0.6 is 35.0 Å². The van der Waals surface area contributed by atoms with E-state index in [1.54, 1.807) is 35.7 Å². The minimum atomic E-state index is -0.605. The minimum Gasteiger partial charge on any atom is -0.352 e. The smallest absolute Gasteiger partial charge is 0.242 e. The molecular formula is C24H30Cl2N2O2S. The lowest BCUT2D eigenvalue weighted by molar-refractivity contribution is -0.138. The van der Waals surface area contributed by atoms with E-state index in [9.17, 15) is 9.59 Å². The highest BCUT2D eigenvalue weighted by molar-refractivity contribution is 7.99. The summed E-state index contributed by atoms with van der Waals surface area (Å²) in [5.74, 6) is 0.754. The van der Waals surface area contributed by atoms with Gasteiger partial charge in [-0.1, -0.05) is 58.6 Å². The number of hydrogen-bond acceptors (Lipinski definition) is 3.